The van der Waals surface area contributed by atoms with Gasteiger partial charge in [0.2, 0.25) is 0 Å². The minimum Gasteiger partial charge on any atom is -1.00 e. The van der Waals surface area contributed by atoms with E-state index in [2.05, 4.69) is 27.7 Å². The summed E-state index contributed by atoms with van der Waals surface area (Å²) in [6.45, 7) is 14.9. The van der Waals surface area contributed by atoms with Crippen molar-refractivity contribution in [1.29, 1.82) is 0 Å². The summed E-state index contributed by atoms with van der Waals surface area (Å²) in [5.41, 5.74) is 0. The van der Waals surface area contributed by atoms with E-state index < -0.39 is 0 Å². The predicted octanol–water partition coefficient (Wildman–Crippen LogP) is 2.79. The van der Waals surface area contributed by atoms with Crippen LogP contribution >= 0.6 is 0 Å². The fourth-order valence-corrected chi connectivity index (χ4v) is 3.07. The fourth-order valence-electron chi connectivity index (χ4n) is 3.07. The van der Waals surface area contributed by atoms with E-state index >= 15 is 0 Å². The first-order valence-corrected chi connectivity index (χ1v) is 9.09. The number of hydrogen-bond donors (Lipinski definition) is 0. The Bertz CT molecular complexity index is 178. The smallest absolute Gasteiger partial charge is 0.0786 e. The molecule has 0 atom stereocenters. The molecule has 20 heavy (non-hydrogen) atoms. The minimum absolute atomic E-state index is 0. The van der Waals surface area contributed by atoms with E-state index in [1.165, 1.54) is 94.9 Å². The molecule has 0 rings (SSSR count). The highest BCUT2D eigenvalue weighted by atomic mass is 35.5. The topological polar surface area (TPSA) is 0 Å². The molecule has 0 fully saturated rings. The van der Waals surface area contributed by atoms with Crippen molar-refractivity contribution < 1.29 is 16.9 Å². The highest BCUT2D eigenvalue weighted by Crippen LogP contribution is 2.14. The molecular weight excluding hydrogens is 266 g/mol. The van der Waals surface area contributed by atoms with Crippen molar-refractivity contribution in [2.75, 3.05) is 26.2 Å². The van der Waals surface area contributed by atoms with Gasteiger partial charge in [-0.3, -0.25) is 0 Å². The zero-order valence-electron chi connectivity index (χ0n) is 14.7. The Hall–Kier alpha value is 0.250. The van der Waals surface area contributed by atoms with E-state index in [4.69, 9.17) is 0 Å². The van der Waals surface area contributed by atoms with Gasteiger partial charge in [-0.15, -0.1) is 0 Å². The Morgan fingerprint density at radius 2 is 0.850 bits per heavy atom. The summed E-state index contributed by atoms with van der Waals surface area (Å²) in [5.74, 6) is 0. The van der Waals surface area contributed by atoms with Gasteiger partial charge in [0, 0.05) is 0 Å². The third-order valence-electron chi connectivity index (χ3n) is 4.81. The second-order valence-corrected chi connectivity index (χ2v) is 6.25. The molecule has 0 heterocycles. The summed E-state index contributed by atoms with van der Waals surface area (Å²) in [6.07, 6.45) is 14.2. The summed E-state index contributed by atoms with van der Waals surface area (Å²) in [6, 6.07) is 0. The first-order valence-electron chi connectivity index (χ1n) is 9.09. The number of unbranched alkanes of at least 4 members (excludes halogenated alkanes) is 8. The van der Waals surface area contributed by atoms with E-state index in [0.29, 0.717) is 0 Å². The van der Waals surface area contributed by atoms with Crippen LogP contribution in [0.4, 0.5) is 0 Å². The van der Waals surface area contributed by atoms with Gasteiger partial charge in [0.05, 0.1) is 26.2 Å². The van der Waals surface area contributed by atoms with E-state index in [9.17, 15) is 0 Å². The van der Waals surface area contributed by atoms with Gasteiger partial charge in [0.15, 0.2) is 0 Å². The SMILES string of the molecule is CCCCCCCC[N+](CC)(CC)CCCCCC.[Cl-]. The summed E-state index contributed by atoms with van der Waals surface area (Å²) in [4.78, 5) is 0. The number of quaternary nitrogens is 1. The molecule has 0 aromatic heterocycles. The van der Waals surface area contributed by atoms with E-state index in [0.717, 1.165) is 0 Å². The van der Waals surface area contributed by atoms with Crippen molar-refractivity contribution in [3.8, 4) is 0 Å². The normalized spacial score (nSPS) is 11.4. The quantitative estimate of drug-likeness (QED) is 0.342. The van der Waals surface area contributed by atoms with Gasteiger partial charge < -0.3 is 16.9 Å². The molecule has 0 amide bonds. The molecule has 0 aliphatic heterocycles. The molecule has 0 radical (unpaired) electrons. The molecule has 0 saturated carbocycles. The molecule has 124 valence electrons. The van der Waals surface area contributed by atoms with Gasteiger partial charge in [-0.2, -0.15) is 0 Å². The standard InChI is InChI=1S/C18H40N.ClH/c1-5-9-11-13-14-16-18-19(7-3,8-4)17-15-12-10-6-2;/h5-18H2,1-4H3;1H/q+1;/p-1. The molecule has 0 spiro atoms. The lowest BCUT2D eigenvalue weighted by Gasteiger charge is -2.37. The molecule has 0 unspecified atom stereocenters. The third-order valence-corrected chi connectivity index (χ3v) is 4.81. The maximum absolute atomic E-state index is 2.39. The van der Waals surface area contributed by atoms with Crippen LogP contribution in [0.2, 0.25) is 0 Å². The molecule has 2 heteroatoms. The Labute approximate surface area is 135 Å². The van der Waals surface area contributed by atoms with E-state index in [1.54, 1.807) is 0 Å². The molecule has 1 nitrogen and oxygen atoms in total. The summed E-state index contributed by atoms with van der Waals surface area (Å²) in [7, 11) is 0. The lowest BCUT2D eigenvalue weighted by molar-refractivity contribution is -0.925. The first kappa shape index (κ1) is 22.5. The maximum Gasteiger partial charge on any atom is 0.0786 e. The largest absolute Gasteiger partial charge is 1.00 e. The van der Waals surface area contributed by atoms with Crippen LogP contribution in [-0.2, 0) is 0 Å². The monoisotopic (exact) mass is 305 g/mol. The number of rotatable bonds is 14. The zero-order chi connectivity index (χ0) is 14.4. The molecule has 0 aliphatic carbocycles. The highest BCUT2D eigenvalue weighted by Gasteiger charge is 2.21. The minimum atomic E-state index is 0. The molecule has 0 aromatic rings. The van der Waals surface area contributed by atoms with Crippen molar-refractivity contribution in [1.82, 2.24) is 0 Å². The molecular formula is C18H40ClN. The van der Waals surface area contributed by atoms with Crippen molar-refractivity contribution in [3.63, 3.8) is 0 Å². The lowest BCUT2D eigenvalue weighted by atomic mass is 10.1. The Balaban J connectivity index is 0. The van der Waals surface area contributed by atoms with Gasteiger partial charge in [-0.25, -0.2) is 0 Å². The van der Waals surface area contributed by atoms with Gasteiger partial charge in [-0.05, 0) is 39.5 Å². The summed E-state index contributed by atoms with van der Waals surface area (Å²) >= 11 is 0. The average molecular weight is 306 g/mol. The van der Waals surface area contributed by atoms with Crippen LogP contribution in [-0.4, -0.2) is 30.7 Å². The summed E-state index contributed by atoms with van der Waals surface area (Å²) < 4.78 is 1.37. The van der Waals surface area contributed by atoms with Crippen molar-refractivity contribution >= 4 is 0 Å². The van der Waals surface area contributed by atoms with Gasteiger partial charge in [-0.1, -0.05) is 52.4 Å². The zero-order valence-corrected chi connectivity index (χ0v) is 15.5. The van der Waals surface area contributed by atoms with Crippen LogP contribution in [0, 0.1) is 0 Å². The van der Waals surface area contributed by atoms with Crippen LogP contribution in [0.15, 0.2) is 0 Å². The Morgan fingerprint density at radius 1 is 0.500 bits per heavy atom. The van der Waals surface area contributed by atoms with Crippen LogP contribution in [0.3, 0.4) is 0 Å². The van der Waals surface area contributed by atoms with Gasteiger partial charge in [0.1, 0.15) is 0 Å². The molecule has 0 bridgehead atoms. The molecule has 0 saturated heterocycles. The van der Waals surface area contributed by atoms with Crippen LogP contribution < -0.4 is 12.4 Å². The predicted molar refractivity (Wildman–Crippen MR) is 88.6 cm³/mol. The first-order chi connectivity index (χ1) is 9.24. The van der Waals surface area contributed by atoms with Crippen molar-refractivity contribution in [3.05, 3.63) is 0 Å². The van der Waals surface area contributed by atoms with Crippen LogP contribution in [0.1, 0.15) is 91.9 Å². The molecule has 0 N–H and O–H groups in total. The van der Waals surface area contributed by atoms with Gasteiger partial charge >= 0.3 is 0 Å². The molecule has 0 aromatic carbocycles. The van der Waals surface area contributed by atoms with Crippen molar-refractivity contribution in [2.45, 2.75) is 91.9 Å². The number of halogens is 1. The Morgan fingerprint density at radius 3 is 1.25 bits per heavy atom. The van der Waals surface area contributed by atoms with Gasteiger partial charge in [0.25, 0.3) is 0 Å². The van der Waals surface area contributed by atoms with Crippen LogP contribution in [0.25, 0.3) is 0 Å². The third kappa shape index (κ3) is 11.0. The maximum atomic E-state index is 2.39. The lowest BCUT2D eigenvalue weighted by Crippen LogP contribution is -3.00. The highest BCUT2D eigenvalue weighted by molar-refractivity contribution is 4.48. The Kier molecular flexibility index (Phi) is 17.6. The van der Waals surface area contributed by atoms with E-state index in [-0.39, 0.29) is 12.4 Å². The summed E-state index contributed by atoms with van der Waals surface area (Å²) in [5, 5.41) is 0. The number of nitrogens with zero attached hydrogens (tertiary/aromatic N) is 1. The average Bonchev–Trinajstić information content (AvgIpc) is 2.45. The van der Waals surface area contributed by atoms with Crippen molar-refractivity contribution in [2.24, 2.45) is 0 Å². The second kappa shape index (κ2) is 15.6. The van der Waals surface area contributed by atoms with Crippen LogP contribution in [0.5, 0.6) is 0 Å². The second-order valence-electron chi connectivity index (χ2n) is 6.25. The number of hydrogen-bond acceptors (Lipinski definition) is 0. The van der Waals surface area contributed by atoms with E-state index in [1.807, 2.05) is 0 Å². The molecule has 0 aliphatic rings. The fraction of sp³-hybridized carbons (Fsp3) is 1.00.